The number of thioether (sulfide) groups is 1. The zero-order chi connectivity index (χ0) is 42.4. The minimum absolute atomic E-state index is 0.109. The third kappa shape index (κ3) is 28.1. The van der Waals surface area contributed by atoms with Gasteiger partial charge < -0.3 is 20.1 Å². The van der Waals surface area contributed by atoms with Crippen molar-refractivity contribution in [1.82, 2.24) is 15.1 Å². The van der Waals surface area contributed by atoms with E-state index in [-0.39, 0.29) is 18.6 Å². The molecule has 0 spiro atoms. The van der Waals surface area contributed by atoms with Crippen molar-refractivity contribution in [3.63, 3.8) is 0 Å². The van der Waals surface area contributed by atoms with Crippen molar-refractivity contribution >= 4 is 34.9 Å². The van der Waals surface area contributed by atoms with Gasteiger partial charge in [0.15, 0.2) is 5.17 Å². The van der Waals surface area contributed by atoms with Gasteiger partial charge in [-0.15, -0.1) is 13.2 Å². The average Bonchev–Trinajstić information content (AvgIpc) is 3.47. The largest absolute Gasteiger partial charge is 0.468 e. The molecule has 10 heteroatoms. The van der Waals surface area contributed by atoms with Crippen molar-refractivity contribution in [3.8, 4) is 0 Å². The molecule has 1 aliphatic rings. The number of allylic oxidation sites excluding steroid dienone is 8. The Morgan fingerprint density at radius 3 is 2.33 bits per heavy atom. The molecule has 1 saturated heterocycles. The molecule has 2 unspecified atom stereocenters. The summed E-state index contributed by atoms with van der Waals surface area (Å²) < 4.78 is 19.2. The van der Waals surface area contributed by atoms with Crippen LogP contribution in [-0.2, 0) is 14.3 Å². The van der Waals surface area contributed by atoms with Gasteiger partial charge in [0, 0.05) is 5.70 Å². The van der Waals surface area contributed by atoms with Crippen LogP contribution in [0.3, 0.4) is 0 Å². The number of carbonyl (C=O) groups excluding carboxylic acids is 2. The number of nitrogens with one attached hydrogen (secondary N) is 1. The van der Waals surface area contributed by atoms with E-state index in [0.29, 0.717) is 35.1 Å². The number of aliphatic hydroxyl groups excluding tert-OH is 1. The van der Waals surface area contributed by atoms with Crippen molar-refractivity contribution in [2.75, 3.05) is 26.7 Å². The van der Waals surface area contributed by atoms with Gasteiger partial charge in [0.05, 0.1) is 29.8 Å². The Morgan fingerprint density at radius 2 is 1.84 bits per heavy atom. The lowest BCUT2D eigenvalue weighted by Gasteiger charge is -2.17. The van der Waals surface area contributed by atoms with Crippen LogP contribution >= 0.6 is 11.8 Å². The van der Waals surface area contributed by atoms with Crippen molar-refractivity contribution in [1.29, 1.82) is 0 Å². The van der Waals surface area contributed by atoms with Crippen LogP contribution in [-0.4, -0.2) is 70.4 Å². The summed E-state index contributed by atoms with van der Waals surface area (Å²) in [7, 11) is 2.14. The lowest BCUT2D eigenvalue weighted by atomic mass is 10.1. The van der Waals surface area contributed by atoms with Crippen molar-refractivity contribution in [2.24, 2.45) is 4.99 Å². The molecule has 1 aromatic carbocycles. The maximum absolute atomic E-state index is 13.6. The van der Waals surface area contributed by atoms with E-state index in [1.807, 2.05) is 53.7 Å². The molecule has 1 heterocycles. The molecule has 1 aromatic rings. The van der Waals surface area contributed by atoms with Crippen LogP contribution < -0.4 is 5.32 Å². The molecule has 2 N–H and O–H groups in total. The number of hydrogen-bond donors (Lipinski definition) is 2. The quantitative estimate of drug-likeness (QED) is 0.0628. The molecule has 0 bridgehead atoms. The fourth-order valence-corrected chi connectivity index (χ4v) is 5.56. The summed E-state index contributed by atoms with van der Waals surface area (Å²) in [6, 6.07) is 5.93. The van der Waals surface area contributed by atoms with Crippen LogP contribution in [0.1, 0.15) is 108 Å². The van der Waals surface area contributed by atoms with Crippen LogP contribution in [0.15, 0.2) is 114 Å². The molecule has 0 saturated carbocycles. The Kier molecular flexibility index (Phi) is 38.5. The Balaban J connectivity index is -0.000000964. The lowest BCUT2D eigenvalue weighted by molar-refractivity contribution is -0.126. The van der Waals surface area contributed by atoms with Gasteiger partial charge in [0.2, 0.25) is 12.3 Å². The second-order valence-electron chi connectivity index (χ2n) is 11.7. The van der Waals surface area contributed by atoms with E-state index < -0.39 is 11.1 Å². The highest BCUT2D eigenvalue weighted by Gasteiger charge is 2.37. The second kappa shape index (κ2) is 38.3. The lowest BCUT2D eigenvalue weighted by Crippen LogP contribution is -2.34. The first-order valence-corrected chi connectivity index (χ1v) is 20.4. The molecule has 0 aromatic heterocycles. The van der Waals surface area contributed by atoms with E-state index in [0.717, 1.165) is 25.7 Å². The highest BCUT2D eigenvalue weighted by atomic mass is 32.2. The van der Waals surface area contributed by atoms with Gasteiger partial charge in [0.25, 0.3) is 0 Å². The Bertz CT molecular complexity index is 1370. The summed E-state index contributed by atoms with van der Waals surface area (Å²) in [6.45, 7) is 28.7. The van der Waals surface area contributed by atoms with Gasteiger partial charge in [-0.2, -0.15) is 0 Å². The Morgan fingerprint density at radius 1 is 1.15 bits per heavy atom. The number of aliphatic imine (C=N–C) groups is 1. The summed E-state index contributed by atoms with van der Waals surface area (Å²) >= 11 is 1.32. The smallest absolute Gasteiger partial charge is 0.242 e. The van der Waals surface area contributed by atoms with Gasteiger partial charge in [-0.3, -0.25) is 14.5 Å². The number of halogens is 1. The topological polar surface area (TPSA) is 94.5 Å². The number of ether oxygens (including phenoxy) is 1. The molecule has 2 rings (SSSR count). The monoisotopic (exact) mass is 785 g/mol. The van der Waals surface area contributed by atoms with Gasteiger partial charge >= 0.3 is 0 Å². The number of amidine groups is 1. The summed E-state index contributed by atoms with van der Waals surface area (Å²) in [5.74, 6) is 0.0989. The number of rotatable bonds is 19. The molecule has 55 heavy (non-hydrogen) atoms. The highest BCUT2D eigenvalue weighted by molar-refractivity contribution is 8.15. The molecular formula is C45H73FN4O4S. The third-order valence-corrected chi connectivity index (χ3v) is 8.40. The van der Waals surface area contributed by atoms with Gasteiger partial charge in [-0.25, -0.2) is 9.38 Å². The number of nitrogens with zero attached hydrogens (tertiary/aromatic N) is 3. The van der Waals surface area contributed by atoms with Crippen molar-refractivity contribution in [3.05, 3.63) is 115 Å². The third-order valence-electron chi connectivity index (χ3n) is 7.20. The maximum atomic E-state index is 13.6. The predicted octanol–water partition coefficient (Wildman–Crippen LogP) is 11.4. The van der Waals surface area contributed by atoms with Crippen LogP contribution in [0.4, 0.5) is 10.1 Å². The van der Waals surface area contributed by atoms with E-state index in [1.54, 1.807) is 41.5 Å². The zero-order valence-corrected chi connectivity index (χ0v) is 36.6. The number of hydrogen-bond acceptors (Lipinski definition) is 7. The molecule has 310 valence electrons. The fourth-order valence-electron chi connectivity index (χ4n) is 4.43. The van der Waals surface area contributed by atoms with Gasteiger partial charge in [0.1, 0.15) is 11.6 Å². The van der Waals surface area contributed by atoms with E-state index in [2.05, 4.69) is 81.3 Å². The number of benzene rings is 1. The zero-order valence-electron chi connectivity index (χ0n) is 35.8. The normalized spacial score (nSPS) is 15.9. The standard InChI is InChI=1S/C24H28FN3O3S.C11H20O.C6H15N.C2H6.C2H4/c1-4-9-19(26-17-29)11-8-13-22-23(30)28(16-21(6-3)31-14-5-2)24(32-22)27-20-12-7-10-18(25)15-20;1-4-6-7-8-11(5-2)9-10(3)12;1-4-6-7(3)5-2;2*1-2/h5-12,14-15,17,22H,4,13,16H2,1-3H3,(H,26,29);6-8,10,12H,4-5,9H2,1-3H3;4-6H2,1-3H3;1-2H3;1-2H2/b11-8-,14-5-,19-9+,21-6-,27-24?;7-6-,11-8+;;;. The fraction of sp³-hybridized carbons (Fsp3) is 0.489. The molecule has 1 fully saturated rings. The second-order valence-corrected chi connectivity index (χ2v) is 12.8. The summed E-state index contributed by atoms with van der Waals surface area (Å²) in [5.41, 5.74) is 2.43. The number of carbonyl (C=O) groups is 2. The Labute approximate surface area is 338 Å². The van der Waals surface area contributed by atoms with Gasteiger partial charge in [-0.1, -0.05) is 108 Å². The average molecular weight is 785 g/mol. The van der Waals surface area contributed by atoms with Crippen LogP contribution in [0, 0.1) is 5.82 Å². The first-order valence-electron chi connectivity index (χ1n) is 19.6. The predicted molar refractivity (Wildman–Crippen MR) is 238 cm³/mol. The van der Waals surface area contributed by atoms with Crippen LogP contribution in [0.5, 0.6) is 0 Å². The highest BCUT2D eigenvalue weighted by Crippen LogP contribution is 2.32. The van der Waals surface area contributed by atoms with E-state index >= 15 is 0 Å². The Hall–Kier alpha value is -3.99. The van der Waals surface area contributed by atoms with E-state index in [9.17, 15) is 14.0 Å². The summed E-state index contributed by atoms with van der Waals surface area (Å²) in [5, 5.41) is 11.9. The minimum atomic E-state index is -0.393. The molecular weight excluding hydrogens is 712 g/mol. The molecule has 2 atom stereocenters. The SMILES string of the molecule is C/C=C\O/C(=C\C)CN1C(=O)C(C/C=C\C(=C/CC)NC=O)SC1=Nc1cccc(F)c1.C=C.CC.CC/C=C\C=C(/CC)CC(C)O.CCCN(C)CC. The minimum Gasteiger partial charge on any atom is -0.468 e. The van der Waals surface area contributed by atoms with Crippen LogP contribution in [0.25, 0.3) is 0 Å². The number of amides is 2. The molecule has 8 nitrogen and oxygen atoms in total. The maximum Gasteiger partial charge on any atom is 0.242 e. The molecule has 1 aliphatic heterocycles. The molecule has 0 aliphatic carbocycles. The van der Waals surface area contributed by atoms with Gasteiger partial charge in [-0.05, 0) is 110 Å². The van der Waals surface area contributed by atoms with Crippen molar-refractivity contribution in [2.45, 2.75) is 119 Å². The summed E-state index contributed by atoms with van der Waals surface area (Å²) in [6.07, 6.45) is 22.7. The molecule has 2 amide bonds. The first kappa shape index (κ1) is 55.3. The van der Waals surface area contributed by atoms with E-state index in [1.165, 1.54) is 49.0 Å². The summed E-state index contributed by atoms with van der Waals surface area (Å²) in [4.78, 5) is 32.3. The van der Waals surface area contributed by atoms with Crippen molar-refractivity contribution < 1.29 is 23.8 Å². The van der Waals surface area contributed by atoms with Crippen LogP contribution in [0.2, 0.25) is 0 Å². The van der Waals surface area contributed by atoms with E-state index in [4.69, 9.17) is 9.84 Å². The first-order chi connectivity index (χ1) is 26.5. The molecule has 0 radical (unpaired) electrons. The number of aliphatic hydroxyl groups is 1.